The lowest BCUT2D eigenvalue weighted by atomic mass is 10.1. The Hall–Kier alpha value is -1.91. The van der Waals surface area contributed by atoms with Crippen molar-refractivity contribution in [3.8, 4) is 17.1 Å². The van der Waals surface area contributed by atoms with Gasteiger partial charge in [0.25, 0.3) is 0 Å². The van der Waals surface area contributed by atoms with E-state index >= 15 is 0 Å². The average molecular weight is 235 g/mol. The molecule has 0 fully saturated rings. The summed E-state index contributed by atoms with van der Waals surface area (Å²) in [6.45, 7) is 3.98. The minimum atomic E-state index is -0.320. The van der Waals surface area contributed by atoms with E-state index in [-0.39, 0.29) is 11.9 Å². The van der Waals surface area contributed by atoms with Gasteiger partial charge in [-0.2, -0.15) is 5.10 Å². The van der Waals surface area contributed by atoms with Crippen molar-refractivity contribution < 1.29 is 9.13 Å². The first-order valence-corrected chi connectivity index (χ1v) is 5.37. The molecule has 1 heterocycles. The fraction of sp³-hybridized carbons (Fsp3) is 0.333. The second kappa shape index (κ2) is 4.53. The van der Waals surface area contributed by atoms with Crippen LogP contribution in [0, 0.1) is 5.82 Å². The molecule has 0 aliphatic heterocycles. The summed E-state index contributed by atoms with van der Waals surface area (Å²) >= 11 is 0. The average Bonchev–Trinajstić information content (AvgIpc) is 2.77. The van der Waals surface area contributed by atoms with Crippen molar-refractivity contribution in [2.24, 2.45) is 0 Å². The highest BCUT2D eigenvalue weighted by molar-refractivity contribution is 5.64. The van der Waals surface area contributed by atoms with Gasteiger partial charge < -0.3 is 4.74 Å². The van der Waals surface area contributed by atoms with Gasteiger partial charge in [-0.05, 0) is 32.0 Å². The summed E-state index contributed by atoms with van der Waals surface area (Å²) in [7, 11) is 1.55. The number of methoxy groups -OCH3 is 1. The van der Waals surface area contributed by atoms with E-state index in [0.717, 1.165) is 0 Å². The molecule has 0 aliphatic rings. The van der Waals surface area contributed by atoms with Crippen molar-refractivity contribution in [2.75, 3.05) is 7.11 Å². The summed E-state index contributed by atoms with van der Waals surface area (Å²) in [6, 6.07) is 4.50. The van der Waals surface area contributed by atoms with Crippen LogP contribution in [0.3, 0.4) is 0 Å². The molecule has 2 aromatic rings. The fourth-order valence-corrected chi connectivity index (χ4v) is 1.68. The topological polar surface area (TPSA) is 39.9 Å². The van der Waals surface area contributed by atoms with Gasteiger partial charge in [0.2, 0.25) is 0 Å². The molecular weight excluding hydrogens is 221 g/mol. The second-order valence-corrected chi connectivity index (χ2v) is 3.97. The smallest absolute Gasteiger partial charge is 0.162 e. The van der Waals surface area contributed by atoms with Crippen LogP contribution in [0.5, 0.6) is 5.75 Å². The van der Waals surface area contributed by atoms with E-state index in [2.05, 4.69) is 10.1 Å². The molecule has 0 saturated heterocycles. The van der Waals surface area contributed by atoms with Crippen molar-refractivity contribution in [3.63, 3.8) is 0 Å². The third kappa shape index (κ3) is 2.13. The van der Waals surface area contributed by atoms with E-state index in [1.165, 1.54) is 18.5 Å². The van der Waals surface area contributed by atoms with E-state index in [1.54, 1.807) is 17.9 Å². The molecule has 0 saturated carbocycles. The van der Waals surface area contributed by atoms with E-state index in [0.29, 0.717) is 17.1 Å². The van der Waals surface area contributed by atoms with Gasteiger partial charge in [-0.25, -0.2) is 14.1 Å². The highest BCUT2D eigenvalue weighted by Gasteiger charge is 2.15. The Balaban J connectivity index is 2.59. The summed E-state index contributed by atoms with van der Waals surface area (Å²) in [5.41, 5.74) is 0.610. The van der Waals surface area contributed by atoms with E-state index < -0.39 is 0 Å². The Labute approximate surface area is 99.1 Å². The molecule has 0 aliphatic carbocycles. The number of halogens is 1. The summed E-state index contributed by atoms with van der Waals surface area (Å²) < 4.78 is 20.2. The van der Waals surface area contributed by atoms with Crippen LogP contribution in [-0.2, 0) is 0 Å². The molecule has 0 spiro atoms. The van der Waals surface area contributed by atoms with Gasteiger partial charge in [-0.3, -0.25) is 0 Å². The maximum absolute atomic E-state index is 13.3. The number of rotatable bonds is 3. The Kier molecular flexibility index (Phi) is 3.08. The third-order valence-electron chi connectivity index (χ3n) is 2.46. The summed E-state index contributed by atoms with van der Waals surface area (Å²) in [4.78, 5) is 4.16. The van der Waals surface area contributed by atoms with Crippen LogP contribution < -0.4 is 4.74 Å². The van der Waals surface area contributed by atoms with Gasteiger partial charge in [-0.1, -0.05) is 0 Å². The molecule has 1 aromatic heterocycles. The lowest BCUT2D eigenvalue weighted by molar-refractivity contribution is 0.414. The first kappa shape index (κ1) is 11.6. The third-order valence-corrected chi connectivity index (χ3v) is 2.46. The molecule has 5 heteroatoms. The minimum absolute atomic E-state index is 0.153. The van der Waals surface area contributed by atoms with Crippen molar-refractivity contribution >= 4 is 0 Å². The molecule has 90 valence electrons. The number of hydrogen-bond acceptors (Lipinski definition) is 3. The normalized spacial score (nSPS) is 10.9. The predicted molar refractivity (Wildman–Crippen MR) is 62.4 cm³/mol. The van der Waals surface area contributed by atoms with Crippen LogP contribution in [0.1, 0.15) is 19.9 Å². The zero-order chi connectivity index (χ0) is 12.4. The maximum Gasteiger partial charge on any atom is 0.162 e. The van der Waals surface area contributed by atoms with Crippen LogP contribution in [-0.4, -0.2) is 21.9 Å². The quantitative estimate of drug-likeness (QED) is 0.821. The van der Waals surface area contributed by atoms with Crippen molar-refractivity contribution in [1.82, 2.24) is 14.8 Å². The molecule has 2 rings (SSSR count). The van der Waals surface area contributed by atoms with Crippen molar-refractivity contribution in [2.45, 2.75) is 19.9 Å². The number of nitrogens with zero attached hydrogens (tertiary/aromatic N) is 3. The molecule has 17 heavy (non-hydrogen) atoms. The van der Waals surface area contributed by atoms with Crippen LogP contribution in [0.2, 0.25) is 0 Å². The largest absolute Gasteiger partial charge is 0.496 e. The highest BCUT2D eigenvalue weighted by atomic mass is 19.1. The van der Waals surface area contributed by atoms with Crippen LogP contribution in [0.4, 0.5) is 4.39 Å². The van der Waals surface area contributed by atoms with Crippen molar-refractivity contribution in [3.05, 3.63) is 30.3 Å². The fourth-order valence-electron chi connectivity index (χ4n) is 1.68. The molecule has 0 atom stereocenters. The van der Waals surface area contributed by atoms with Gasteiger partial charge in [-0.15, -0.1) is 0 Å². The van der Waals surface area contributed by atoms with Crippen LogP contribution in [0.15, 0.2) is 24.5 Å². The number of aromatic nitrogens is 3. The number of hydrogen-bond donors (Lipinski definition) is 0. The van der Waals surface area contributed by atoms with Gasteiger partial charge >= 0.3 is 0 Å². The van der Waals surface area contributed by atoms with Gasteiger partial charge in [0.05, 0.1) is 12.7 Å². The van der Waals surface area contributed by atoms with Gasteiger partial charge in [0.15, 0.2) is 5.82 Å². The minimum Gasteiger partial charge on any atom is -0.496 e. The highest BCUT2D eigenvalue weighted by Crippen LogP contribution is 2.30. The lowest BCUT2D eigenvalue weighted by Crippen LogP contribution is -2.06. The van der Waals surface area contributed by atoms with E-state index in [1.807, 2.05) is 13.8 Å². The van der Waals surface area contributed by atoms with Gasteiger partial charge in [0, 0.05) is 6.04 Å². The molecular formula is C12H14FN3O. The summed E-state index contributed by atoms with van der Waals surface area (Å²) in [5, 5.41) is 4.12. The Morgan fingerprint density at radius 3 is 2.76 bits per heavy atom. The molecule has 0 amide bonds. The molecule has 0 unspecified atom stereocenters. The summed E-state index contributed by atoms with van der Waals surface area (Å²) in [5.74, 6) is 0.872. The molecule has 0 bridgehead atoms. The van der Waals surface area contributed by atoms with E-state index in [9.17, 15) is 4.39 Å². The van der Waals surface area contributed by atoms with Crippen LogP contribution in [0.25, 0.3) is 11.4 Å². The molecule has 0 radical (unpaired) electrons. The predicted octanol–water partition coefficient (Wildman–Crippen LogP) is 2.67. The zero-order valence-electron chi connectivity index (χ0n) is 10.0. The number of ether oxygens (including phenoxy) is 1. The molecule has 1 aromatic carbocycles. The SMILES string of the molecule is COc1ccc(F)cc1-c1ncnn1C(C)C. The summed E-state index contributed by atoms with van der Waals surface area (Å²) in [6.07, 6.45) is 1.46. The maximum atomic E-state index is 13.3. The Morgan fingerprint density at radius 1 is 1.35 bits per heavy atom. The first-order valence-electron chi connectivity index (χ1n) is 5.37. The van der Waals surface area contributed by atoms with Crippen molar-refractivity contribution in [1.29, 1.82) is 0 Å². The number of benzene rings is 1. The Morgan fingerprint density at radius 2 is 2.12 bits per heavy atom. The van der Waals surface area contributed by atoms with Gasteiger partial charge in [0.1, 0.15) is 17.9 Å². The standard InChI is InChI=1S/C12H14FN3O/c1-8(2)16-12(14-7-15-16)10-6-9(13)4-5-11(10)17-3/h4-8H,1-3H3. The zero-order valence-corrected chi connectivity index (χ0v) is 10.0. The Bertz CT molecular complexity index is 522. The lowest BCUT2D eigenvalue weighted by Gasteiger charge is -2.12. The van der Waals surface area contributed by atoms with E-state index in [4.69, 9.17) is 4.74 Å². The van der Waals surface area contributed by atoms with Crippen LogP contribution >= 0.6 is 0 Å². The monoisotopic (exact) mass is 235 g/mol. The first-order chi connectivity index (χ1) is 8.13. The molecule has 4 nitrogen and oxygen atoms in total. The molecule has 0 N–H and O–H groups in total. The second-order valence-electron chi connectivity index (χ2n) is 3.97.